The standard InChI is InChI=1S/C13H16S/c1-9(2)7-11-8-10-5-3-4-6-12(10)13(11)14/h3-7,11,13-14H,8H2,1-2H3. The fourth-order valence-corrected chi connectivity index (χ4v) is 2.63. The van der Waals surface area contributed by atoms with Gasteiger partial charge in [0.15, 0.2) is 0 Å². The van der Waals surface area contributed by atoms with Gasteiger partial charge in [0.05, 0.1) is 0 Å². The van der Waals surface area contributed by atoms with Gasteiger partial charge in [-0.25, -0.2) is 0 Å². The summed E-state index contributed by atoms with van der Waals surface area (Å²) >= 11 is 4.70. The van der Waals surface area contributed by atoms with Crippen molar-refractivity contribution in [2.24, 2.45) is 5.92 Å². The Bertz CT molecular complexity index is 361. The second-order valence-corrected chi connectivity index (χ2v) is 4.81. The summed E-state index contributed by atoms with van der Waals surface area (Å²) in [6.07, 6.45) is 3.49. The Morgan fingerprint density at radius 2 is 2.07 bits per heavy atom. The molecule has 0 fully saturated rings. The second kappa shape index (κ2) is 3.82. The first kappa shape index (κ1) is 9.85. The first-order valence-electron chi connectivity index (χ1n) is 5.09. The lowest BCUT2D eigenvalue weighted by Crippen LogP contribution is -1.98. The zero-order valence-corrected chi connectivity index (χ0v) is 9.59. The summed E-state index contributed by atoms with van der Waals surface area (Å²) in [5, 5.41) is 0.390. The SMILES string of the molecule is CC(C)=CC1Cc2ccccc2C1S. The second-order valence-electron chi connectivity index (χ2n) is 4.26. The minimum Gasteiger partial charge on any atom is -0.170 e. The molecule has 0 nitrogen and oxygen atoms in total. The van der Waals surface area contributed by atoms with Crippen molar-refractivity contribution in [2.75, 3.05) is 0 Å². The van der Waals surface area contributed by atoms with Crippen LogP contribution in [0.3, 0.4) is 0 Å². The Balaban J connectivity index is 2.30. The van der Waals surface area contributed by atoms with Gasteiger partial charge in [-0.1, -0.05) is 35.9 Å². The van der Waals surface area contributed by atoms with Crippen LogP contribution in [-0.4, -0.2) is 0 Å². The Morgan fingerprint density at radius 1 is 1.36 bits per heavy atom. The van der Waals surface area contributed by atoms with Crippen LogP contribution in [-0.2, 0) is 6.42 Å². The molecule has 2 unspecified atom stereocenters. The van der Waals surface area contributed by atoms with Crippen LogP contribution in [0, 0.1) is 5.92 Å². The van der Waals surface area contributed by atoms with Crippen molar-refractivity contribution in [3.8, 4) is 0 Å². The van der Waals surface area contributed by atoms with Crippen molar-refractivity contribution < 1.29 is 0 Å². The summed E-state index contributed by atoms with van der Waals surface area (Å²) in [6, 6.07) is 8.64. The van der Waals surface area contributed by atoms with E-state index in [1.807, 2.05) is 0 Å². The molecule has 0 aliphatic heterocycles. The van der Waals surface area contributed by atoms with E-state index in [1.54, 1.807) is 0 Å². The van der Waals surface area contributed by atoms with Gasteiger partial charge in [0.1, 0.15) is 0 Å². The lowest BCUT2D eigenvalue weighted by atomic mass is 10.0. The molecule has 0 saturated heterocycles. The van der Waals surface area contributed by atoms with Crippen LogP contribution in [0.2, 0.25) is 0 Å². The molecule has 0 saturated carbocycles. The molecule has 0 spiro atoms. The highest BCUT2D eigenvalue weighted by Crippen LogP contribution is 2.41. The van der Waals surface area contributed by atoms with Crippen molar-refractivity contribution in [1.29, 1.82) is 0 Å². The molecule has 2 rings (SSSR count). The Kier molecular flexibility index (Phi) is 2.69. The molecule has 0 aromatic heterocycles. The molecule has 0 amide bonds. The highest BCUT2D eigenvalue weighted by Gasteiger charge is 2.27. The molecular formula is C13H16S. The van der Waals surface area contributed by atoms with Crippen LogP contribution in [0.15, 0.2) is 35.9 Å². The van der Waals surface area contributed by atoms with E-state index >= 15 is 0 Å². The summed E-state index contributed by atoms with van der Waals surface area (Å²) in [6.45, 7) is 4.31. The van der Waals surface area contributed by atoms with E-state index in [9.17, 15) is 0 Å². The van der Waals surface area contributed by atoms with Crippen LogP contribution in [0.5, 0.6) is 0 Å². The van der Waals surface area contributed by atoms with Gasteiger partial charge < -0.3 is 0 Å². The average Bonchev–Trinajstić information content (AvgIpc) is 2.44. The van der Waals surface area contributed by atoms with E-state index in [-0.39, 0.29) is 0 Å². The number of hydrogen-bond acceptors (Lipinski definition) is 1. The summed E-state index contributed by atoms with van der Waals surface area (Å²) in [4.78, 5) is 0. The highest BCUT2D eigenvalue weighted by atomic mass is 32.1. The number of allylic oxidation sites excluding steroid dienone is 2. The zero-order chi connectivity index (χ0) is 10.1. The molecule has 2 atom stereocenters. The molecular weight excluding hydrogens is 188 g/mol. The number of benzene rings is 1. The van der Waals surface area contributed by atoms with Gasteiger partial charge in [-0.15, -0.1) is 0 Å². The molecule has 1 aliphatic carbocycles. The maximum Gasteiger partial charge on any atom is 0.0335 e. The highest BCUT2D eigenvalue weighted by molar-refractivity contribution is 7.80. The van der Waals surface area contributed by atoms with Gasteiger partial charge in [0.25, 0.3) is 0 Å². The van der Waals surface area contributed by atoms with E-state index < -0.39 is 0 Å². The van der Waals surface area contributed by atoms with Crippen LogP contribution >= 0.6 is 12.6 Å². The minimum absolute atomic E-state index is 0.390. The largest absolute Gasteiger partial charge is 0.170 e. The van der Waals surface area contributed by atoms with Crippen molar-refractivity contribution in [2.45, 2.75) is 25.5 Å². The van der Waals surface area contributed by atoms with Crippen LogP contribution in [0.1, 0.15) is 30.2 Å². The van der Waals surface area contributed by atoms with Gasteiger partial charge >= 0.3 is 0 Å². The molecule has 14 heavy (non-hydrogen) atoms. The van der Waals surface area contributed by atoms with E-state index in [4.69, 9.17) is 12.6 Å². The van der Waals surface area contributed by atoms with Gasteiger partial charge in [-0.2, -0.15) is 12.6 Å². The van der Waals surface area contributed by atoms with Crippen molar-refractivity contribution in [3.05, 3.63) is 47.0 Å². The van der Waals surface area contributed by atoms with Gasteiger partial charge in [-0.3, -0.25) is 0 Å². The lowest BCUT2D eigenvalue weighted by molar-refractivity contribution is 0.687. The maximum atomic E-state index is 4.70. The number of hydrogen-bond donors (Lipinski definition) is 1. The van der Waals surface area contributed by atoms with E-state index in [0.29, 0.717) is 11.2 Å². The first-order valence-corrected chi connectivity index (χ1v) is 5.61. The van der Waals surface area contributed by atoms with Crippen LogP contribution in [0.4, 0.5) is 0 Å². The molecule has 1 aromatic rings. The third-order valence-corrected chi connectivity index (χ3v) is 3.44. The predicted octanol–water partition coefficient (Wildman–Crippen LogP) is 3.80. The maximum absolute atomic E-state index is 4.70. The minimum atomic E-state index is 0.390. The summed E-state index contributed by atoms with van der Waals surface area (Å²) in [5.41, 5.74) is 4.27. The molecule has 74 valence electrons. The molecule has 0 N–H and O–H groups in total. The van der Waals surface area contributed by atoms with E-state index in [0.717, 1.165) is 6.42 Å². The summed E-state index contributed by atoms with van der Waals surface area (Å²) in [5.74, 6) is 0.584. The van der Waals surface area contributed by atoms with E-state index in [2.05, 4.69) is 44.2 Å². The fraction of sp³-hybridized carbons (Fsp3) is 0.385. The van der Waals surface area contributed by atoms with Crippen LogP contribution in [0.25, 0.3) is 0 Å². The topological polar surface area (TPSA) is 0 Å². The van der Waals surface area contributed by atoms with Crippen molar-refractivity contribution in [3.63, 3.8) is 0 Å². The molecule has 0 bridgehead atoms. The third-order valence-electron chi connectivity index (χ3n) is 2.78. The average molecular weight is 204 g/mol. The summed E-state index contributed by atoms with van der Waals surface area (Å²) < 4.78 is 0. The number of fused-ring (bicyclic) bond motifs is 1. The molecule has 1 heteroatoms. The molecule has 1 aromatic carbocycles. The van der Waals surface area contributed by atoms with Gasteiger partial charge in [0, 0.05) is 5.25 Å². The summed E-state index contributed by atoms with van der Waals surface area (Å²) in [7, 11) is 0. The van der Waals surface area contributed by atoms with Crippen LogP contribution < -0.4 is 0 Å². The first-order chi connectivity index (χ1) is 6.68. The van der Waals surface area contributed by atoms with E-state index in [1.165, 1.54) is 16.7 Å². The monoisotopic (exact) mass is 204 g/mol. The fourth-order valence-electron chi connectivity index (χ4n) is 2.18. The quantitative estimate of drug-likeness (QED) is 0.522. The van der Waals surface area contributed by atoms with Crippen molar-refractivity contribution >= 4 is 12.6 Å². The number of thiol groups is 1. The predicted molar refractivity (Wildman–Crippen MR) is 64.8 cm³/mol. The lowest BCUT2D eigenvalue weighted by Gasteiger charge is -2.10. The van der Waals surface area contributed by atoms with Gasteiger partial charge in [0.2, 0.25) is 0 Å². The molecule has 0 radical (unpaired) electrons. The zero-order valence-electron chi connectivity index (χ0n) is 8.70. The van der Waals surface area contributed by atoms with Crippen molar-refractivity contribution in [1.82, 2.24) is 0 Å². The smallest absolute Gasteiger partial charge is 0.0335 e. The van der Waals surface area contributed by atoms with Gasteiger partial charge in [-0.05, 0) is 37.3 Å². The Hall–Kier alpha value is -0.690. The normalized spacial score (nSPS) is 24.5. The molecule has 0 heterocycles. The molecule has 1 aliphatic rings. The third kappa shape index (κ3) is 1.74. The number of rotatable bonds is 1. The Morgan fingerprint density at radius 3 is 2.71 bits per heavy atom. The Labute approximate surface area is 91.4 Å².